The standard InChI is InChI=1S/C7H14FN.C2H6/c1-3-5-6-7-9(8)4-2;1-2/h3H,1,4-7H2,2H3;1-2H3. The minimum absolute atomic E-state index is 0.483. The Bertz CT molecular complexity index is 74.0. The molecule has 0 radical (unpaired) electrons. The molecular weight excluding hydrogens is 141 g/mol. The van der Waals surface area contributed by atoms with E-state index in [1.807, 2.05) is 19.9 Å². The van der Waals surface area contributed by atoms with Crippen LogP contribution in [-0.4, -0.2) is 18.2 Å². The van der Waals surface area contributed by atoms with Gasteiger partial charge in [0.05, 0.1) is 0 Å². The smallest absolute Gasteiger partial charge is 0.0293 e. The highest BCUT2D eigenvalue weighted by Gasteiger charge is 1.94. The maximum atomic E-state index is 12.3. The predicted molar refractivity (Wildman–Crippen MR) is 49.1 cm³/mol. The summed E-state index contributed by atoms with van der Waals surface area (Å²) in [4.78, 5) is 0. The molecule has 0 unspecified atom stereocenters. The van der Waals surface area contributed by atoms with Crippen LogP contribution in [0.2, 0.25) is 0 Å². The molecule has 68 valence electrons. The highest BCUT2D eigenvalue weighted by Crippen LogP contribution is 1.94. The summed E-state index contributed by atoms with van der Waals surface area (Å²) in [5.74, 6) is 0. The minimum Gasteiger partial charge on any atom is -0.147 e. The summed E-state index contributed by atoms with van der Waals surface area (Å²) >= 11 is 0. The van der Waals surface area contributed by atoms with E-state index >= 15 is 0 Å². The lowest BCUT2D eigenvalue weighted by molar-refractivity contribution is 0.0312. The van der Waals surface area contributed by atoms with E-state index in [0.29, 0.717) is 13.1 Å². The van der Waals surface area contributed by atoms with Gasteiger partial charge in [0.15, 0.2) is 0 Å². The van der Waals surface area contributed by atoms with Crippen LogP contribution in [0.4, 0.5) is 4.48 Å². The molecule has 0 saturated heterocycles. The van der Waals surface area contributed by atoms with Gasteiger partial charge in [-0.3, -0.25) is 0 Å². The van der Waals surface area contributed by atoms with E-state index < -0.39 is 0 Å². The van der Waals surface area contributed by atoms with Gasteiger partial charge in [-0.15, -0.1) is 16.2 Å². The number of hydrogen-bond acceptors (Lipinski definition) is 1. The van der Waals surface area contributed by atoms with Gasteiger partial charge in [-0.2, -0.15) is 0 Å². The molecule has 0 heterocycles. The molecule has 11 heavy (non-hydrogen) atoms. The van der Waals surface area contributed by atoms with Gasteiger partial charge in [-0.1, -0.05) is 19.9 Å². The number of nitrogens with zero attached hydrogens (tertiary/aromatic N) is 1. The van der Waals surface area contributed by atoms with Gasteiger partial charge in [0.1, 0.15) is 0 Å². The Balaban J connectivity index is 0. The van der Waals surface area contributed by atoms with Gasteiger partial charge in [0, 0.05) is 13.1 Å². The second-order valence-electron chi connectivity index (χ2n) is 1.93. The number of hydrogen-bond donors (Lipinski definition) is 0. The lowest BCUT2D eigenvalue weighted by Gasteiger charge is -2.05. The van der Waals surface area contributed by atoms with Crippen molar-refractivity contribution < 1.29 is 4.48 Å². The van der Waals surface area contributed by atoms with Crippen LogP contribution in [0.15, 0.2) is 12.7 Å². The molecule has 0 N–H and O–H groups in total. The molecule has 0 aromatic carbocycles. The van der Waals surface area contributed by atoms with E-state index in [9.17, 15) is 4.48 Å². The molecule has 0 aliphatic heterocycles. The first-order valence-corrected chi connectivity index (χ1v) is 4.33. The molecule has 0 spiro atoms. The van der Waals surface area contributed by atoms with E-state index in [2.05, 4.69) is 6.58 Å². The third kappa shape index (κ3) is 12.8. The first-order chi connectivity index (χ1) is 5.31. The molecule has 0 aromatic heterocycles. The summed E-state index contributed by atoms with van der Waals surface area (Å²) in [5.41, 5.74) is 0. The molecule has 0 aliphatic carbocycles. The molecule has 1 nitrogen and oxygen atoms in total. The molecule has 2 heteroatoms. The molecule has 0 rings (SSSR count). The summed E-state index contributed by atoms with van der Waals surface area (Å²) in [5, 5.41) is 0.809. The van der Waals surface area contributed by atoms with Crippen LogP contribution in [0.25, 0.3) is 0 Å². The minimum atomic E-state index is 0.483. The van der Waals surface area contributed by atoms with Crippen LogP contribution in [0.1, 0.15) is 33.6 Å². The van der Waals surface area contributed by atoms with E-state index in [-0.39, 0.29) is 0 Å². The Morgan fingerprint density at radius 2 is 2.00 bits per heavy atom. The predicted octanol–water partition coefficient (Wildman–Crippen LogP) is 3.19. The number of allylic oxidation sites excluding steroid dienone is 1. The molecule has 0 aromatic rings. The zero-order chi connectivity index (χ0) is 9.11. The molecular formula is C9H20FN. The third-order valence-electron chi connectivity index (χ3n) is 1.15. The summed E-state index contributed by atoms with van der Waals surface area (Å²) in [7, 11) is 0. The Kier molecular flexibility index (Phi) is 14.8. The Morgan fingerprint density at radius 1 is 1.45 bits per heavy atom. The maximum Gasteiger partial charge on any atom is 0.0293 e. The summed E-state index contributed by atoms with van der Waals surface area (Å²) < 4.78 is 12.3. The van der Waals surface area contributed by atoms with Crippen LogP contribution in [0.3, 0.4) is 0 Å². The molecule has 0 bridgehead atoms. The van der Waals surface area contributed by atoms with Crippen molar-refractivity contribution in [2.75, 3.05) is 13.1 Å². The third-order valence-corrected chi connectivity index (χ3v) is 1.15. The van der Waals surface area contributed by atoms with Crippen LogP contribution in [0, 0.1) is 0 Å². The monoisotopic (exact) mass is 161 g/mol. The van der Waals surface area contributed by atoms with Crippen molar-refractivity contribution in [3.63, 3.8) is 0 Å². The van der Waals surface area contributed by atoms with Gasteiger partial charge in [-0.05, 0) is 19.8 Å². The Morgan fingerprint density at radius 3 is 2.36 bits per heavy atom. The van der Waals surface area contributed by atoms with Gasteiger partial charge >= 0.3 is 0 Å². The van der Waals surface area contributed by atoms with Gasteiger partial charge in [0.25, 0.3) is 0 Å². The zero-order valence-corrected chi connectivity index (χ0v) is 7.94. The van der Waals surface area contributed by atoms with Gasteiger partial charge in [0.2, 0.25) is 0 Å². The molecule has 0 atom stereocenters. The first-order valence-electron chi connectivity index (χ1n) is 4.33. The van der Waals surface area contributed by atoms with E-state index in [1.54, 1.807) is 6.92 Å². The summed E-state index contributed by atoms with van der Waals surface area (Å²) in [6.45, 7) is 10.4. The topological polar surface area (TPSA) is 3.24 Å². The van der Waals surface area contributed by atoms with Crippen LogP contribution in [-0.2, 0) is 0 Å². The fourth-order valence-corrected chi connectivity index (χ4v) is 0.565. The first kappa shape index (κ1) is 13.2. The maximum absolute atomic E-state index is 12.3. The lowest BCUT2D eigenvalue weighted by atomic mass is 10.3. The van der Waals surface area contributed by atoms with Crippen molar-refractivity contribution in [2.24, 2.45) is 0 Å². The number of unbranched alkanes of at least 4 members (excludes halogenated alkanes) is 1. The summed E-state index contributed by atoms with van der Waals surface area (Å²) in [6, 6.07) is 0. The SMILES string of the molecule is C=CCCCN(F)CC.CC. The quantitative estimate of drug-likeness (QED) is 0.340. The van der Waals surface area contributed by atoms with Crippen molar-refractivity contribution >= 4 is 0 Å². The normalized spacial score (nSPS) is 8.82. The number of rotatable bonds is 5. The van der Waals surface area contributed by atoms with Gasteiger partial charge < -0.3 is 0 Å². The van der Waals surface area contributed by atoms with E-state index in [4.69, 9.17) is 0 Å². The second-order valence-corrected chi connectivity index (χ2v) is 1.93. The zero-order valence-electron chi connectivity index (χ0n) is 7.94. The summed E-state index contributed by atoms with van der Waals surface area (Å²) in [6.07, 6.45) is 3.58. The van der Waals surface area contributed by atoms with Crippen molar-refractivity contribution in [1.29, 1.82) is 0 Å². The van der Waals surface area contributed by atoms with Crippen LogP contribution < -0.4 is 0 Å². The number of halogens is 1. The van der Waals surface area contributed by atoms with Crippen molar-refractivity contribution in [2.45, 2.75) is 33.6 Å². The highest BCUT2D eigenvalue weighted by atomic mass is 19.2. The van der Waals surface area contributed by atoms with E-state index in [0.717, 1.165) is 18.0 Å². The van der Waals surface area contributed by atoms with Crippen molar-refractivity contribution in [3.8, 4) is 0 Å². The highest BCUT2D eigenvalue weighted by molar-refractivity contribution is 4.65. The molecule has 0 amide bonds. The molecule has 0 saturated carbocycles. The molecule has 0 aliphatic rings. The van der Waals surface area contributed by atoms with Crippen molar-refractivity contribution in [3.05, 3.63) is 12.7 Å². The molecule has 0 fully saturated rings. The van der Waals surface area contributed by atoms with Gasteiger partial charge in [-0.25, -0.2) is 0 Å². The second kappa shape index (κ2) is 12.3. The average Bonchev–Trinajstić information content (AvgIpc) is 2.08. The van der Waals surface area contributed by atoms with Crippen LogP contribution in [0.5, 0.6) is 0 Å². The Labute approximate surface area is 69.8 Å². The van der Waals surface area contributed by atoms with Crippen molar-refractivity contribution in [1.82, 2.24) is 5.12 Å². The lowest BCUT2D eigenvalue weighted by Crippen LogP contribution is -2.13. The van der Waals surface area contributed by atoms with Crippen LogP contribution >= 0.6 is 0 Å². The fraction of sp³-hybridized carbons (Fsp3) is 0.778. The average molecular weight is 161 g/mol. The fourth-order valence-electron chi connectivity index (χ4n) is 0.565. The largest absolute Gasteiger partial charge is 0.147 e. The Hall–Kier alpha value is -0.370. The van der Waals surface area contributed by atoms with E-state index in [1.165, 1.54) is 0 Å².